The molecule has 0 N–H and O–H groups in total. The molecule has 0 spiro atoms. The van der Waals surface area contributed by atoms with Crippen LogP contribution in [0.4, 0.5) is 0 Å². The van der Waals surface area contributed by atoms with Gasteiger partial charge in [-0.15, -0.1) is 12.6 Å². The monoisotopic (exact) mass is 395 g/mol. The van der Waals surface area contributed by atoms with Gasteiger partial charge in [-0.1, -0.05) is 15.9 Å². The van der Waals surface area contributed by atoms with E-state index in [0.29, 0.717) is 22.8 Å². The predicted molar refractivity (Wildman–Crippen MR) is 88.4 cm³/mol. The predicted octanol–water partition coefficient (Wildman–Crippen LogP) is 2.30. The molecular formula is C12H14BrNO3S3. The fourth-order valence-corrected chi connectivity index (χ4v) is 5.67. The van der Waals surface area contributed by atoms with Crippen molar-refractivity contribution >= 4 is 56.1 Å². The van der Waals surface area contributed by atoms with Gasteiger partial charge in [0.05, 0.1) is 5.56 Å². The van der Waals surface area contributed by atoms with E-state index in [1.54, 1.807) is 30.0 Å². The van der Waals surface area contributed by atoms with Crippen LogP contribution in [0.1, 0.15) is 10.4 Å². The summed E-state index contributed by atoms with van der Waals surface area (Å²) in [5, 5.41) is -0.759. The Kier molecular flexibility index (Phi) is 5.09. The minimum absolute atomic E-state index is 0.279. The summed E-state index contributed by atoms with van der Waals surface area (Å²) in [5.74, 6) is 0.886. The maximum Gasteiger partial charge on any atom is 0.256 e. The van der Waals surface area contributed by atoms with E-state index in [0.717, 1.165) is 10.2 Å². The summed E-state index contributed by atoms with van der Waals surface area (Å²) in [6, 6.07) is 5.14. The number of nitrogens with zero attached hydrogens (tertiary/aromatic N) is 1. The first-order chi connectivity index (χ1) is 9.30. The largest absolute Gasteiger partial charge is 0.320 e. The molecule has 20 heavy (non-hydrogen) atoms. The first kappa shape index (κ1) is 16.2. The molecule has 1 aliphatic rings. The van der Waals surface area contributed by atoms with Crippen LogP contribution in [0.15, 0.2) is 27.6 Å². The van der Waals surface area contributed by atoms with Crippen molar-refractivity contribution in [2.45, 2.75) is 10.3 Å². The van der Waals surface area contributed by atoms with Crippen molar-refractivity contribution in [3.05, 3.63) is 28.2 Å². The molecule has 0 aromatic heterocycles. The number of hydrogen-bond donors (Lipinski definition) is 1. The summed E-state index contributed by atoms with van der Waals surface area (Å²) in [5.41, 5.74) is 0.428. The summed E-state index contributed by atoms with van der Waals surface area (Å²) < 4.78 is 24.5. The zero-order valence-electron chi connectivity index (χ0n) is 10.7. The summed E-state index contributed by atoms with van der Waals surface area (Å²) in [6.07, 6.45) is 1.17. The number of hydrogen-bond acceptors (Lipinski definition) is 5. The van der Waals surface area contributed by atoms with Gasteiger partial charge in [0.15, 0.2) is 9.84 Å². The Morgan fingerprint density at radius 1 is 1.50 bits per heavy atom. The third kappa shape index (κ3) is 3.52. The van der Waals surface area contributed by atoms with Gasteiger partial charge in [-0.25, -0.2) is 8.42 Å². The Labute approximate surface area is 136 Å². The van der Waals surface area contributed by atoms with Crippen molar-refractivity contribution < 1.29 is 13.2 Å². The van der Waals surface area contributed by atoms with Gasteiger partial charge in [-0.3, -0.25) is 4.79 Å². The van der Waals surface area contributed by atoms with Gasteiger partial charge in [0.1, 0.15) is 5.37 Å². The molecule has 1 atom stereocenters. The number of carbonyl (C=O) groups excluding carboxylic acids is 1. The number of benzene rings is 1. The average molecular weight is 396 g/mol. The average Bonchev–Trinajstić information content (AvgIpc) is 2.37. The molecule has 1 heterocycles. The number of sulfone groups is 1. The normalized spacial score (nSPS) is 19.9. The number of rotatable bonds is 2. The molecule has 1 aliphatic heterocycles. The number of thioether (sulfide) groups is 1. The second kappa shape index (κ2) is 6.29. The molecule has 0 bridgehead atoms. The molecular weight excluding hydrogens is 382 g/mol. The molecule has 1 amide bonds. The zero-order valence-corrected chi connectivity index (χ0v) is 14.9. The highest BCUT2D eigenvalue weighted by Gasteiger charge is 2.35. The van der Waals surface area contributed by atoms with Crippen molar-refractivity contribution in [1.82, 2.24) is 4.90 Å². The second-order valence-corrected chi connectivity index (χ2v) is 9.27. The summed E-state index contributed by atoms with van der Waals surface area (Å²) in [6.45, 7) is 0.435. The Bertz CT molecular complexity index is 633. The molecule has 1 saturated heterocycles. The highest BCUT2D eigenvalue weighted by Crippen LogP contribution is 2.26. The van der Waals surface area contributed by atoms with Crippen LogP contribution >= 0.6 is 40.3 Å². The number of thiol groups is 1. The molecule has 1 fully saturated rings. The van der Waals surface area contributed by atoms with Gasteiger partial charge in [-0.2, -0.15) is 11.8 Å². The third-order valence-corrected chi connectivity index (χ3v) is 6.54. The van der Waals surface area contributed by atoms with E-state index in [1.807, 2.05) is 0 Å². The van der Waals surface area contributed by atoms with Gasteiger partial charge in [0.2, 0.25) is 0 Å². The van der Waals surface area contributed by atoms with Crippen molar-refractivity contribution in [2.24, 2.45) is 0 Å². The van der Waals surface area contributed by atoms with Crippen molar-refractivity contribution in [1.29, 1.82) is 0 Å². The topological polar surface area (TPSA) is 54.5 Å². The highest BCUT2D eigenvalue weighted by molar-refractivity contribution is 9.10. The third-order valence-electron chi connectivity index (χ3n) is 3.03. The molecule has 1 unspecified atom stereocenters. The highest BCUT2D eigenvalue weighted by atomic mass is 79.9. The van der Waals surface area contributed by atoms with Crippen LogP contribution in [0.2, 0.25) is 0 Å². The van der Waals surface area contributed by atoms with Crippen LogP contribution in [0, 0.1) is 0 Å². The minimum Gasteiger partial charge on any atom is -0.320 e. The minimum atomic E-state index is -3.30. The van der Waals surface area contributed by atoms with Crippen LogP contribution in [-0.2, 0) is 9.84 Å². The van der Waals surface area contributed by atoms with Crippen LogP contribution in [0.5, 0.6) is 0 Å². The molecule has 110 valence electrons. The lowest BCUT2D eigenvalue weighted by Gasteiger charge is -2.34. The molecule has 2 rings (SSSR count). The molecule has 1 aromatic rings. The van der Waals surface area contributed by atoms with E-state index in [9.17, 15) is 13.2 Å². The van der Waals surface area contributed by atoms with Gasteiger partial charge >= 0.3 is 0 Å². The molecule has 1 aromatic carbocycles. The molecule has 0 radical (unpaired) electrons. The standard InChI is InChI=1S/C12H14BrNO3S3/c1-20(16,17)11-7-19-5-4-14(11)12(15)9-3-2-8(13)6-10(9)18/h2-3,6,11,18H,4-5,7H2,1H3. The Morgan fingerprint density at radius 2 is 2.20 bits per heavy atom. The Morgan fingerprint density at radius 3 is 2.80 bits per heavy atom. The van der Waals surface area contributed by atoms with Crippen molar-refractivity contribution in [3.63, 3.8) is 0 Å². The van der Waals surface area contributed by atoms with Gasteiger partial charge in [0, 0.05) is 33.7 Å². The van der Waals surface area contributed by atoms with Crippen molar-refractivity contribution in [3.8, 4) is 0 Å². The van der Waals surface area contributed by atoms with E-state index >= 15 is 0 Å². The lowest BCUT2D eigenvalue weighted by atomic mass is 10.2. The van der Waals surface area contributed by atoms with E-state index in [1.165, 1.54) is 11.2 Å². The van der Waals surface area contributed by atoms with E-state index < -0.39 is 15.2 Å². The SMILES string of the molecule is CS(=O)(=O)C1CSCCN1C(=O)c1ccc(Br)cc1S. The lowest BCUT2D eigenvalue weighted by Crippen LogP contribution is -2.50. The summed E-state index contributed by atoms with van der Waals surface area (Å²) in [7, 11) is -3.30. The number of halogens is 1. The van der Waals surface area contributed by atoms with Gasteiger partial charge in [0.25, 0.3) is 5.91 Å². The quantitative estimate of drug-likeness (QED) is 0.780. The van der Waals surface area contributed by atoms with Crippen LogP contribution in [-0.4, -0.2) is 48.9 Å². The fourth-order valence-electron chi connectivity index (χ4n) is 2.01. The van der Waals surface area contributed by atoms with Crippen LogP contribution in [0.3, 0.4) is 0 Å². The van der Waals surface area contributed by atoms with Crippen LogP contribution in [0.25, 0.3) is 0 Å². The van der Waals surface area contributed by atoms with E-state index in [4.69, 9.17) is 0 Å². The van der Waals surface area contributed by atoms with Crippen molar-refractivity contribution in [2.75, 3.05) is 24.3 Å². The smallest absolute Gasteiger partial charge is 0.256 e. The maximum absolute atomic E-state index is 12.6. The van der Waals surface area contributed by atoms with E-state index in [2.05, 4.69) is 28.6 Å². The van der Waals surface area contributed by atoms with Gasteiger partial charge in [-0.05, 0) is 18.2 Å². The maximum atomic E-state index is 12.6. The Balaban J connectivity index is 2.35. The first-order valence-corrected chi connectivity index (χ1v) is 10.2. The fraction of sp³-hybridized carbons (Fsp3) is 0.417. The summed E-state index contributed by atoms with van der Waals surface area (Å²) in [4.78, 5) is 14.6. The number of amides is 1. The number of carbonyl (C=O) groups is 1. The Hall–Kier alpha value is -0.180. The zero-order chi connectivity index (χ0) is 14.9. The van der Waals surface area contributed by atoms with Crippen LogP contribution < -0.4 is 0 Å². The lowest BCUT2D eigenvalue weighted by molar-refractivity contribution is 0.0746. The molecule has 8 heteroatoms. The summed E-state index contributed by atoms with van der Waals surface area (Å²) >= 11 is 9.16. The second-order valence-electron chi connectivity index (χ2n) is 4.52. The first-order valence-electron chi connectivity index (χ1n) is 5.87. The van der Waals surface area contributed by atoms with E-state index in [-0.39, 0.29) is 5.91 Å². The molecule has 4 nitrogen and oxygen atoms in total. The molecule has 0 saturated carbocycles. The van der Waals surface area contributed by atoms with Gasteiger partial charge < -0.3 is 4.90 Å². The molecule has 0 aliphatic carbocycles.